The van der Waals surface area contributed by atoms with Crippen LogP contribution in [-0.2, 0) is 6.42 Å². The monoisotopic (exact) mass is 162 g/mol. The maximum Gasteiger partial charge on any atom is 0.0447 e. The summed E-state index contributed by atoms with van der Waals surface area (Å²) in [5, 5.41) is 3.40. The molecule has 0 radical (unpaired) electrons. The molecule has 0 saturated heterocycles. The van der Waals surface area contributed by atoms with Gasteiger partial charge < -0.3 is 11.1 Å². The van der Waals surface area contributed by atoms with E-state index in [-0.39, 0.29) is 0 Å². The van der Waals surface area contributed by atoms with Gasteiger partial charge in [0.1, 0.15) is 0 Å². The molecule has 1 aliphatic heterocycles. The number of fused-ring (bicyclic) bond motifs is 1. The predicted molar refractivity (Wildman–Crippen MR) is 49.9 cm³/mol. The standard InChI is InChI=1S/C10H14N2/c11-7-10-9-4-2-1-3-8(9)5-6-12-10/h1-4,10,12H,5-7,11H2/t10-/m1/s1. The number of nitrogens with two attached hydrogens (primary N) is 1. The first-order valence-electron chi connectivity index (χ1n) is 4.43. The molecule has 0 aliphatic carbocycles. The van der Waals surface area contributed by atoms with Crippen LogP contribution in [-0.4, -0.2) is 13.1 Å². The van der Waals surface area contributed by atoms with E-state index in [1.54, 1.807) is 0 Å². The first kappa shape index (κ1) is 7.77. The maximum atomic E-state index is 5.66. The lowest BCUT2D eigenvalue weighted by Gasteiger charge is -2.25. The van der Waals surface area contributed by atoms with Gasteiger partial charge in [-0.3, -0.25) is 0 Å². The van der Waals surface area contributed by atoms with Gasteiger partial charge >= 0.3 is 0 Å². The van der Waals surface area contributed by atoms with Gasteiger partial charge in [-0.05, 0) is 24.1 Å². The minimum absolute atomic E-state index is 0.370. The third-order valence-electron chi connectivity index (χ3n) is 2.45. The zero-order valence-electron chi connectivity index (χ0n) is 7.09. The van der Waals surface area contributed by atoms with E-state index in [2.05, 4.69) is 29.6 Å². The van der Waals surface area contributed by atoms with Crippen LogP contribution in [0.5, 0.6) is 0 Å². The molecule has 3 N–H and O–H groups in total. The van der Waals surface area contributed by atoms with E-state index in [0.717, 1.165) is 13.0 Å². The molecule has 64 valence electrons. The quantitative estimate of drug-likeness (QED) is 0.642. The summed E-state index contributed by atoms with van der Waals surface area (Å²) in [4.78, 5) is 0. The third kappa shape index (κ3) is 1.24. The van der Waals surface area contributed by atoms with Crippen molar-refractivity contribution in [1.82, 2.24) is 5.32 Å². The molecular formula is C10H14N2. The van der Waals surface area contributed by atoms with E-state index < -0.39 is 0 Å². The average Bonchev–Trinajstić information content (AvgIpc) is 2.17. The molecule has 2 heteroatoms. The Morgan fingerprint density at radius 3 is 3.08 bits per heavy atom. The maximum absolute atomic E-state index is 5.66. The van der Waals surface area contributed by atoms with Gasteiger partial charge in [-0.1, -0.05) is 24.3 Å². The van der Waals surface area contributed by atoms with Crippen molar-refractivity contribution in [3.8, 4) is 0 Å². The van der Waals surface area contributed by atoms with E-state index in [1.807, 2.05) is 0 Å². The summed E-state index contributed by atoms with van der Waals surface area (Å²) in [7, 11) is 0. The Kier molecular flexibility index (Phi) is 2.11. The highest BCUT2D eigenvalue weighted by Crippen LogP contribution is 2.20. The van der Waals surface area contributed by atoms with Crippen LogP contribution in [0.3, 0.4) is 0 Å². The minimum Gasteiger partial charge on any atom is -0.329 e. The molecule has 0 amide bonds. The van der Waals surface area contributed by atoms with Crippen LogP contribution >= 0.6 is 0 Å². The minimum atomic E-state index is 0.370. The van der Waals surface area contributed by atoms with Gasteiger partial charge in [0, 0.05) is 12.6 Å². The lowest BCUT2D eigenvalue weighted by molar-refractivity contribution is 0.513. The first-order chi connectivity index (χ1) is 5.92. The summed E-state index contributed by atoms with van der Waals surface area (Å²) in [6.45, 7) is 1.75. The summed E-state index contributed by atoms with van der Waals surface area (Å²) < 4.78 is 0. The van der Waals surface area contributed by atoms with E-state index in [1.165, 1.54) is 11.1 Å². The van der Waals surface area contributed by atoms with Crippen molar-refractivity contribution in [2.24, 2.45) is 5.73 Å². The van der Waals surface area contributed by atoms with Crippen LogP contribution in [0.2, 0.25) is 0 Å². The number of benzene rings is 1. The fraction of sp³-hybridized carbons (Fsp3) is 0.400. The zero-order valence-corrected chi connectivity index (χ0v) is 7.09. The number of hydrogen-bond donors (Lipinski definition) is 2. The molecule has 1 aromatic carbocycles. The van der Waals surface area contributed by atoms with Gasteiger partial charge in [0.05, 0.1) is 0 Å². The van der Waals surface area contributed by atoms with Crippen LogP contribution in [0, 0.1) is 0 Å². The van der Waals surface area contributed by atoms with Crippen molar-refractivity contribution >= 4 is 0 Å². The van der Waals surface area contributed by atoms with Crippen molar-refractivity contribution in [2.45, 2.75) is 12.5 Å². The fourth-order valence-electron chi connectivity index (χ4n) is 1.80. The molecule has 1 atom stereocenters. The molecule has 0 unspecified atom stereocenters. The lowest BCUT2D eigenvalue weighted by Crippen LogP contribution is -2.34. The topological polar surface area (TPSA) is 38.0 Å². The van der Waals surface area contributed by atoms with Crippen molar-refractivity contribution in [2.75, 3.05) is 13.1 Å². The first-order valence-corrected chi connectivity index (χ1v) is 4.43. The van der Waals surface area contributed by atoms with E-state index >= 15 is 0 Å². The summed E-state index contributed by atoms with van der Waals surface area (Å²) in [5.41, 5.74) is 8.49. The zero-order chi connectivity index (χ0) is 8.39. The Labute approximate surface area is 72.8 Å². The van der Waals surface area contributed by atoms with Crippen LogP contribution in [0.1, 0.15) is 17.2 Å². The van der Waals surface area contributed by atoms with Crippen LogP contribution in [0.15, 0.2) is 24.3 Å². The van der Waals surface area contributed by atoms with Gasteiger partial charge in [-0.25, -0.2) is 0 Å². The average molecular weight is 162 g/mol. The summed E-state index contributed by atoms with van der Waals surface area (Å²) in [6.07, 6.45) is 1.13. The van der Waals surface area contributed by atoms with Crippen LogP contribution in [0.25, 0.3) is 0 Å². The van der Waals surface area contributed by atoms with Crippen molar-refractivity contribution in [1.29, 1.82) is 0 Å². The van der Waals surface area contributed by atoms with E-state index in [4.69, 9.17) is 5.73 Å². The van der Waals surface area contributed by atoms with Crippen molar-refractivity contribution in [3.05, 3.63) is 35.4 Å². The molecule has 12 heavy (non-hydrogen) atoms. The second-order valence-electron chi connectivity index (χ2n) is 3.19. The molecule has 0 bridgehead atoms. The van der Waals surface area contributed by atoms with E-state index in [0.29, 0.717) is 12.6 Å². The van der Waals surface area contributed by atoms with E-state index in [9.17, 15) is 0 Å². The Bertz CT molecular complexity index is 270. The fourth-order valence-corrected chi connectivity index (χ4v) is 1.80. The van der Waals surface area contributed by atoms with Gasteiger partial charge in [-0.15, -0.1) is 0 Å². The molecule has 0 spiro atoms. The smallest absolute Gasteiger partial charge is 0.0447 e. The number of nitrogens with one attached hydrogen (secondary N) is 1. The van der Waals surface area contributed by atoms with Crippen LogP contribution < -0.4 is 11.1 Å². The normalized spacial score (nSPS) is 21.9. The molecular weight excluding hydrogens is 148 g/mol. The Balaban J connectivity index is 2.37. The van der Waals surface area contributed by atoms with Gasteiger partial charge in [0.25, 0.3) is 0 Å². The van der Waals surface area contributed by atoms with Crippen molar-refractivity contribution < 1.29 is 0 Å². The summed E-state index contributed by atoms with van der Waals surface area (Å²) in [6, 6.07) is 8.90. The van der Waals surface area contributed by atoms with Gasteiger partial charge in [0.15, 0.2) is 0 Å². The van der Waals surface area contributed by atoms with Crippen LogP contribution in [0.4, 0.5) is 0 Å². The Morgan fingerprint density at radius 1 is 1.42 bits per heavy atom. The number of hydrogen-bond acceptors (Lipinski definition) is 2. The molecule has 0 aromatic heterocycles. The van der Waals surface area contributed by atoms with Gasteiger partial charge in [0.2, 0.25) is 0 Å². The summed E-state index contributed by atoms with van der Waals surface area (Å²) >= 11 is 0. The third-order valence-corrected chi connectivity index (χ3v) is 2.45. The second kappa shape index (κ2) is 3.25. The number of rotatable bonds is 1. The molecule has 2 nitrogen and oxygen atoms in total. The molecule has 1 heterocycles. The molecule has 2 rings (SSSR count). The largest absolute Gasteiger partial charge is 0.329 e. The van der Waals surface area contributed by atoms with Crippen molar-refractivity contribution in [3.63, 3.8) is 0 Å². The highest BCUT2D eigenvalue weighted by molar-refractivity contribution is 5.32. The highest BCUT2D eigenvalue weighted by Gasteiger charge is 2.16. The molecule has 1 aromatic rings. The summed E-state index contributed by atoms with van der Waals surface area (Å²) in [5.74, 6) is 0. The molecule has 0 fully saturated rings. The SMILES string of the molecule is NC[C@H]1NCCc2ccccc21. The molecule has 1 aliphatic rings. The van der Waals surface area contributed by atoms with Gasteiger partial charge in [-0.2, -0.15) is 0 Å². The molecule has 0 saturated carbocycles. The second-order valence-corrected chi connectivity index (χ2v) is 3.19. The Morgan fingerprint density at radius 2 is 2.25 bits per heavy atom. The predicted octanol–water partition coefficient (Wildman–Crippen LogP) is 0.832. The lowest BCUT2D eigenvalue weighted by atomic mass is 9.95. The Hall–Kier alpha value is -0.860. The highest BCUT2D eigenvalue weighted by atomic mass is 14.9.